The molecule has 0 unspecified atom stereocenters. The molecule has 2 atom stereocenters. The lowest BCUT2D eigenvalue weighted by Crippen LogP contribution is -2.35. The van der Waals surface area contributed by atoms with E-state index in [2.05, 4.69) is 15.9 Å². The van der Waals surface area contributed by atoms with E-state index in [0.717, 1.165) is 16.7 Å². The maximum atomic E-state index is 12.3. The van der Waals surface area contributed by atoms with E-state index in [1.807, 2.05) is 0 Å². The maximum absolute atomic E-state index is 12.3. The highest BCUT2D eigenvalue weighted by atomic mass is 79.9. The molecule has 0 bridgehead atoms. The Balaban J connectivity index is 2.10. The molecule has 21 heavy (non-hydrogen) atoms. The fraction of sp³-hybridized carbons (Fsp3) is 0.308. The molecule has 0 spiro atoms. The molecule has 1 saturated heterocycles. The molecule has 1 fully saturated rings. The van der Waals surface area contributed by atoms with Gasteiger partial charge in [0.25, 0.3) is 0 Å². The van der Waals surface area contributed by atoms with E-state index in [1.165, 1.54) is 0 Å². The van der Waals surface area contributed by atoms with Crippen molar-refractivity contribution in [3.8, 4) is 0 Å². The predicted octanol–water partition coefficient (Wildman–Crippen LogP) is 1.23. The zero-order valence-electron chi connectivity index (χ0n) is 10.9. The number of aliphatic carboxylic acids is 1. The third-order valence-electron chi connectivity index (χ3n) is 2.99. The predicted molar refractivity (Wildman–Crippen MR) is 83.1 cm³/mol. The number of nitrogens with two attached hydrogens (primary N) is 1. The van der Waals surface area contributed by atoms with Crippen molar-refractivity contribution in [2.45, 2.75) is 17.7 Å². The second kappa shape index (κ2) is 6.59. The Labute approximate surface area is 133 Å². The number of carbonyl (C=O) groups is 3. The molecule has 1 aliphatic rings. The largest absolute Gasteiger partial charge is 0.480 e. The molecule has 112 valence electrons. The van der Waals surface area contributed by atoms with Gasteiger partial charge in [-0.25, -0.2) is 4.90 Å². The number of carboxylic acids is 1. The second-order valence-corrected chi connectivity index (χ2v) is 6.58. The van der Waals surface area contributed by atoms with Gasteiger partial charge in [0.2, 0.25) is 11.8 Å². The number of hydrogen-bond acceptors (Lipinski definition) is 5. The summed E-state index contributed by atoms with van der Waals surface area (Å²) >= 11 is 4.42. The second-order valence-electron chi connectivity index (χ2n) is 4.49. The molecule has 0 radical (unpaired) electrons. The van der Waals surface area contributed by atoms with Crippen molar-refractivity contribution in [3.05, 3.63) is 28.7 Å². The fourth-order valence-electron chi connectivity index (χ4n) is 1.91. The van der Waals surface area contributed by atoms with E-state index in [9.17, 15) is 14.4 Å². The zero-order chi connectivity index (χ0) is 15.6. The van der Waals surface area contributed by atoms with Crippen molar-refractivity contribution in [2.24, 2.45) is 5.73 Å². The van der Waals surface area contributed by atoms with Gasteiger partial charge >= 0.3 is 5.97 Å². The summed E-state index contributed by atoms with van der Waals surface area (Å²) < 4.78 is 0.652. The quantitative estimate of drug-likeness (QED) is 0.753. The van der Waals surface area contributed by atoms with Crippen LogP contribution in [-0.2, 0) is 14.4 Å². The molecule has 0 aromatic heterocycles. The number of halogens is 1. The van der Waals surface area contributed by atoms with Gasteiger partial charge in [0.05, 0.1) is 10.9 Å². The van der Waals surface area contributed by atoms with Crippen LogP contribution in [0.4, 0.5) is 5.69 Å². The van der Waals surface area contributed by atoms with Crippen LogP contribution in [0.2, 0.25) is 0 Å². The summed E-state index contributed by atoms with van der Waals surface area (Å²) in [6, 6.07) is 5.90. The molecule has 1 aromatic carbocycles. The standard InChI is InChI=1S/C13H13BrN2O4S/c14-7-3-1-2-4-9(7)16-11(17)5-10(12(16)18)21-6-8(15)13(19)20/h1-4,8,10H,5-6,15H2,(H,19,20)/t8-,10+/m1/s1. The number of nitrogens with zero attached hydrogens (tertiary/aromatic N) is 1. The van der Waals surface area contributed by atoms with Crippen LogP contribution in [0.25, 0.3) is 0 Å². The topological polar surface area (TPSA) is 101 Å². The molecular formula is C13H13BrN2O4S. The van der Waals surface area contributed by atoms with E-state index >= 15 is 0 Å². The Morgan fingerprint density at radius 1 is 1.48 bits per heavy atom. The average Bonchev–Trinajstić information content (AvgIpc) is 2.71. The molecule has 1 aromatic rings. The van der Waals surface area contributed by atoms with Gasteiger partial charge in [-0.15, -0.1) is 11.8 Å². The molecule has 1 heterocycles. The Hall–Kier alpha value is -1.38. The minimum Gasteiger partial charge on any atom is -0.480 e. The van der Waals surface area contributed by atoms with Crippen molar-refractivity contribution in [1.29, 1.82) is 0 Å². The normalized spacial score (nSPS) is 19.9. The summed E-state index contributed by atoms with van der Waals surface area (Å²) in [4.78, 5) is 36.2. The first-order valence-electron chi connectivity index (χ1n) is 6.13. The smallest absolute Gasteiger partial charge is 0.321 e. The van der Waals surface area contributed by atoms with Gasteiger partial charge in [0, 0.05) is 16.6 Å². The van der Waals surface area contributed by atoms with Crippen LogP contribution in [0.5, 0.6) is 0 Å². The third kappa shape index (κ3) is 3.45. The lowest BCUT2D eigenvalue weighted by Gasteiger charge is -2.16. The molecular weight excluding hydrogens is 360 g/mol. The molecule has 2 rings (SSSR count). The van der Waals surface area contributed by atoms with E-state index < -0.39 is 17.3 Å². The van der Waals surface area contributed by atoms with Crippen LogP contribution >= 0.6 is 27.7 Å². The first kappa shape index (κ1) is 16.0. The van der Waals surface area contributed by atoms with Crippen LogP contribution in [-0.4, -0.2) is 39.9 Å². The number of anilines is 1. The van der Waals surface area contributed by atoms with Gasteiger partial charge in [-0.2, -0.15) is 0 Å². The highest BCUT2D eigenvalue weighted by Gasteiger charge is 2.40. The maximum Gasteiger partial charge on any atom is 0.321 e. The highest BCUT2D eigenvalue weighted by molar-refractivity contribution is 9.10. The summed E-state index contributed by atoms with van der Waals surface area (Å²) in [5.74, 6) is -1.67. The Kier molecular flexibility index (Phi) is 5.02. The van der Waals surface area contributed by atoms with E-state index in [0.29, 0.717) is 10.2 Å². The Bertz CT molecular complexity index is 595. The highest BCUT2D eigenvalue weighted by Crippen LogP contribution is 2.33. The zero-order valence-corrected chi connectivity index (χ0v) is 13.3. The summed E-state index contributed by atoms with van der Waals surface area (Å²) in [7, 11) is 0. The fourth-order valence-corrected chi connectivity index (χ4v) is 3.46. The minimum absolute atomic E-state index is 0.0528. The first-order chi connectivity index (χ1) is 9.91. The summed E-state index contributed by atoms with van der Waals surface area (Å²) in [6.45, 7) is 0. The van der Waals surface area contributed by atoms with Gasteiger partial charge in [0.1, 0.15) is 6.04 Å². The number of rotatable bonds is 5. The van der Waals surface area contributed by atoms with Crippen LogP contribution in [0.15, 0.2) is 28.7 Å². The van der Waals surface area contributed by atoms with Crippen molar-refractivity contribution in [1.82, 2.24) is 0 Å². The van der Waals surface area contributed by atoms with Crippen LogP contribution in [0.1, 0.15) is 6.42 Å². The lowest BCUT2D eigenvalue weighted by atomic mass is 10.3. The van der Waals surface area contributed by atoms with Crippen molar-refractivity contribution in [3.63, 3.8) is 0 Å². The van der Waals surface area contributed by atoms with Crippen molar-refractivity contribution in [2.75, 3.05) is 10.7 Å². The Morgan fingerprint density at radius 2 is 2.14 bits per heavy atom. The van der Waals surface area contributed by atoms with E-state index in [4.69, 9.17) is 10.8 Å². The molecule has 0 aliphatic carbocycles. The molecule has 3 N–H and O–H groups in total. The Morgan fingerprint density at radius 3 is 2.76 bits per heavy atom. The van der Waals surface area contributed by atoms with Crippen LogP contribution in [0.3, 0.4) is 0 Å². The average molecular weight is 373 g/mol. The van der Waals surface area contributed by atoms with Gasteiger partial charge in [-0.05, 0) is 28.1 Å². The number of imide groups is 1. The van der Waals surface area contributed by atoms with Crippen LogP contribution < -0.4 is 10.6 Å². The van der Waals surface area contributed by atoms with Gasteiger partial charge < -0.3 is 10.8 Å². The van der Waals surface area contributed by atoms with E-state index in [-0.39, 0.29) is 24.0 Å². The molecule has 8 heteroatoms. The molecule has 2 amide bonds. The molecule has 1 aliphatic heterocycles. The van der Waals surface area contributed by atoms with Crippen molar-refractivity contribution >= 4 is 51.2 Å². The minimum atomic E-state index is -1.12. The number of carboxylic acid groups (broad SMARTS) is 1. The van der Waals surface area contributed by atoms with Gasteiger partial charge in [-0.1, -0.05) is 12.1 Å². The summed E-state index contributed by atoms with van der Waals surface area (Å²) in [5.41, 5.74) is 5.91. The number of benzene rings is 1. The number of para-hydroxylation sites is 1. The van der Waals surface area contributed by atoms with Crippen molar-refractivity contribution < 1.29 is 19.5 Å². The SMILES string of the molecule is N[C@H](CS[C@H]1CC(=O)N(c2ccccc2Br)C1=O)C(=O)O. The number of hydrogen-bond donors (Lipinski definition) is 2. The summed E-state index contributed by atoms with van der Waals surface area (Å²) in [6.07, 6.45) is 0.0528. The molecule has 6 nitrogen and oxygen atoms in total. The molecule has 0 saturated carbocycles. The van der Waals surface area contributed by atoms with Crippen LogP contribution in [0, 0.1) is 0 Å². The van der Waals surface area contributed by atoms with Gasteiger partial charge in [-0.3, -0.25) is 14.4 Å². The number of amides is 2. The number of thioether (sulfide) groups is 1. The number of carbonyl (C=O) groups excluding carboxylic acids is 2. The first-order valence-corrected chi connectivity index (χ1v) is 7.97. The monoisotopic (exact) mass is 372 g/mol. The van der Waals surface area contributed by atoms with Gasteiger partial charge in [0.15, 0.2) is 0 Å². The lowest BCUT2D eigenvalue weighted by molar-refractivity contribution is -0.138. The third-order valence-corrected chi connectivity index (χ3v) is 4.99. The summed E-state index contributed by atoms with van der Waals surface area (Å²) in [5, 5.41) is 8.15. The van der Waals surface area contributed by atoms with E-state index in [1.54, 1.807) is 24.3 Å².